The molecule has 1 aromatic heterocycles. The van der Waals surface area contributed by atoms with Crippen LogP contribution in [0.15, 0.2) is 12.4 Å². The maximum Gasteiger partial charge on any atom is 0.135 e. The van der Waals surface area contributed by atoms with Crippen molar-refractivity contribution in [2.75, 3.05) is 26.2 Å². The summed E-state index contributed by atoms with van der Waals surface area (Å²) in [5.74, 6) is 0. The van der Waals surface area contributed by atoms with E-state index in [0.29, 0.717) is 0 Å². The molecule has 0 spiro atoms. The number of nitrogens with one attached hydrogen (secondary N) is 1. The minimum absolute atomic E-state index is 0.184. The maximum atomic E-state index is 8.79. The number of rotatable bonds is 3. The first-order valence-corrected chi connectivity index (χ1v) is 5.65. The molecule has 2 rings (SSSR count). The van der Waals surface area contributed by atoms with Gasteiger partial charge in [-0.15, -0.1) is 0 Å². The molecule has 0 bridgehead atoms. The normalized spacial score (nSPS) is 19.2. The highest BCUT2D eigenvalue weighted by Gasteiger charge is 2.11. The molecular weight excluding hydrogens is 202 g/mol. The summed E-state index contributed by atoms with van der Waals surface area (Å²) in [5.41, 5.74) is 1.18. The third-order valence-corrected chi connectivity index (χ3v) is 2.85. The lowest BCUT2D eigenvalue weighted by Gasteiger charge is -2.26. The van der Waals surface area contributed by atoms with Crippen molar-refractivity contribution in [1.29, 1.82) is 5.26 Å². The number of hydrogen-bond donors (Lipinski definition) is 1. The molecule has 0 aromatic carbocycles. The summed E-state index contributed by atoms with van der Waals surface area (Å²) in [6.45, 7) is 7.06. The monoisotopic (exact) mass is 219 g/mol. The second kappa shape index (κ2) is 5.10. The predicted molar refractivity (Wildman–Crippen MR) is 60.7 cm³/mol. The summed E-state index contributed by atoms with van der Waals surface area (Å²) in [7, 11) is 0. The van der Waals surface area contributed by atoms with Gasteiger partial charge >= 0.3 is 0 Å². The smallest absolute Gasteiger partial charge is 0.135 e. The van der Waals surface area contributed by atoms with Gasteiger partial charge in [0.25, 0.3) is 0 Å². The highest BCUT2D eigenvalue weighted by molar-refractivity contribution is 5.06. The first kappa shape index (κ1) is 11.1. The van der Waals surface area contributed by atoms with Gasteiger partial charge in [0.15, 0.2) is 0 Å². The summed E-state index contributed by atoms with van der Waals surface area (Å²) in [4.78, 5) is 2.40. The van der Waals surface area contributed by atoms with Crippen LogP contribution in [0.5, 0.6) is 0 Å². The molecule has 0 amide bonds. The SMILES string of the molecule is CC(C#N)n1cc(CN2CCNCC2)cn1. The van der Waals surface area contributed by atoms with Gasteiger partial charge in [-0.3, -0.25) is 9.58 Å². The first-order valence-electron chi connectivity index (χ1n) is 5.65. The van der Waals surface area contributed by atoms with Gasteiger partial charge in [0.05, 0.1) is 12.3 Å². The Hall–Kier alpha value is -1.38. The standard InChI is InChI=1S/C11H17N5/c1-10(6-12)16-9-11(7-14-16)8-15-4-2-13-3-5-15/h7,9-10,13H,2-5,8H2,1H3. The Morgan fingerprint density at radius 1 is 1.56 bits per heavy atom. The van der Waals surface area contributed by atoms with Gasteiger partial charge in [-0.2, -0.15) is 10.4 Å². The number of aromatic nitrogens is 2. The van der Waals surface area contributed by atoms with Crippen LogP contribution in [0.4, 0.5) is 0 Å². The molecule has 86 valence electrons. The molecule has 1 unspecified atom stereocenters. The molecule has 1 atom stereocenters. The zero-order valence-electron chi connectivity index (χ0n) is 9.56. The Bertz CT molecular complexity index is 372. The van der Waals surface area contributed by atoms with E-state index >= 15 is 0 Å². The van der Waals surface area contributed by atoms with Gasteiger partial charge in [0.1, 0.15) is 6.04 Å². The van der Waals surface area contributed by atoms with Crippen molar-refractivity contribution in [3.05, 3.63) is 18.0 Å². The zero-order valence-corrected chi connectivity index (χ0v) is 9.56. The van der Waals surface area contributed by atoms with Crippen molar-refractivity contribution in [3.63, 3.8) is 0 Å². The molecule has 5 heteroatoms. The molecular formula is C11H17N5. The second-order valence-electron chi connectivity index (χ2n) is 4.16. The summed E-state index contributed by atoms with van der Waals surface area (Å²) < 4.78 is 1.72. The third kappa shape index (κ3) is 2.60. The third-order valence-electron chi connectivity index (χ3n) is 2.85. The summed E-state index contributed by atoms with van der Waals surface area (Å²) in [5, 5.41) is 16.3. The Kier molecular flexibility index (Phi) is 3.54. The lowest BCUT2D eigenvalue weighted by molar-refractivity contribution is 0.233. The summed E-state index contributed by atoms with van der Waals surface area (Å²) in [6, 6.07) is 1.99. The van der Waals surface area contributed by atoms with E-state index < -0.39 is 0 Å². The van der Waals surface area contributed by atoms with Gasteiger partial charge in [-0.05, 0) is 6.92 Å². The van der Waals surface area contributed by atoms with Gasteiger partial charge in [-0.25, -0.2) is 0 Å². The van der Waals surface area contributed by atoms with Crippen molar-refractivity contribution in [2.45, 2.75) is 19.5 Å². The van der Waals surface area contributed by atoms with Crippen LogP contribution < -0.4 is 5.32 Å². The van der Waals surface area contributed by atoms with Crippen molar-refractivity contribution in [2.24, 2.45) is 0 Å². The number of hydrogen-bond acceptors (Lipinski definition) is 4. The zero-order chi connectivity index (χ0) is 11.4. The highest BCUT2D eigenvalue weighted by atomic mass is 15.3. The molecule has 0 aliphatic carbocycles. The van der Waals surface area contributed by atoms with Crippen molar-refractivity contribution in [3.8, 4) is 6.07 Å². The average Bonchev–Trinajstić information content (AvgIpc) is 2.78. The Morgan fingerprint density at radius 2 is 2.31 bits per heavy atom. The molecule has 1 saturated heterocycles. The number of nitriles is 1. The number of piperazine rings is 1. The molecule has 1 aromatic rings. The van der Waals surface area contributed by atoms with Crippen LogP contribution in [-0.2, 0) is 6.54 Å². The van der Waals surface area contributed by atoms with Gasteiger partial charge in [-0.1, -0.05) is 0 Å². The van der Waals surface area contributed by atoms with Gasteiger partial charge in [0, 0.05) is 44.5 Å². The minimum Gasteiger partial charge on any atom is -0.314 e. The van der Waals surface area contributed by atoms with E-state index in [4.69, 9.17) is 5.26 Å². The Morgan fingerprint density at radius 3 is 3.00 bits per heavy atom. The van der Waals surface area contributed by atoms with Gasteiger partial charge in [0.2, 0.25) is 0 Å². The fourth-order valence-corrected chi connectivity index (χ4v) is 1.86. The van der Waals surface area contributed by atoms with Crippen molar-refractivity contribution in [1.82, 2.24) is 20.0 Å². The molecule has 16 heavy (non-hydrogen) atoms. The van der Waals surface area contributed by atoms with E-state index in [1.807, 2.05) is 19.3 Å². The minimum atomic E-state index is -0.184. The van der Waals surface area contributed by atoms with E-state index in [9.17, 15) is 0 Å². The molecule has 1 aliphatic rings. The van der Waals surface area contributed by atoms with E-state index in [1.165, 1.54) is 5.56 Å². The summed E-state index contributed by atoms with van der Waals surface area (Å²) >= 11 is 0. The molecule has 2 heterocycles. The molecule has 1 aliphatic heterocycles. The Balaban J connectivity index is 1.94. The lowest BCUT2D eigenvalue weighted by Crippen LogP contribution is -2.42. The predicted octanol–water partition coefficient (Wildman–Crippen LogP) is 0.373. The van der Waals surface area contributed by atoms with Crippen LogP contribution in [0, 0.1) is 11.3 Å². The average molecular weight is 219 g/mol. The number of nitrogens with zero attached hydrogens (tertiary/aromatic N) is 4. The van der Waals surface area contributed by atoms with Crippen molar-refractivity contribution >= 4 is 0 Å². The van der Waals surface area contributed by atoms with Crippen LogP contribution in [-0.4, -0.2) is 40.9 Å². The van der Waals surface area contributed by atoms with Gasteiger partial charge < -0.3 is 5.32 Å². The fourth-order valence-electron chi connectivity index (χ4n) is 1.86. The van der Waals surface area contributed by atoms with E-state index in [2.05, 4.69) is 21.4 Å². The topological polar surface area (TPSA) is 56.9 Å². The van der Waals surface area contributed by atoms with Crippen LogP contribution >= 0.6 is 0 Å². The second-order valence-corrected chi connectivity index (χ2v) is 4.16. The molecule has 1 N–H and O–H groups in total. The van der Waals surface area contributed by atoms with Crippen LogP contribution in [0.1, 0.15) is 18.5 Å². The summed E-state index contributed by atoms with van der Waals surface area (Å²) in [6.07, 6.45) is 3.83. The van der Waals surface area contributed by atoms with Crippen LogP contribution in [0.25, 0.3) is 0 Å². The fraction of sp³-hybridized carbons (Fsp3) is 0.636. The van der Waals surface area contributed by atoms with Crippen molar-refractivity contribution < 1.29 is 0 Å². The molecule has 1 fully saturated rings. The van der Waals surface area contributed by atoms with E-state index in [1.54, 1.807) is 4.68 Å². The lowest BCUT2D eigenvalue weighted by atomic mass is 10.3. The Labute approximate surface area is 95.7 Å². The largest absolute Gasteiger partial charge is 0.314 e. The first-order chi connectivity index (χ1) is 7.79. The molecule has 5 nitrogen and oxygen atoms in total. The maximum absolute atomic E-state index is 8.79. The molecule has 0 saturated carbocycles. The van der Waals surface area contributed by atoms with E-state index in [0.717, 1.165) is 32.7 Å². The quantitative estimate of drug-likeness (QED) is 0.798. The molecule has 0 radical (unpaired) electrons. The van der Waals surface area contributed by atoms with Crippen LogP contribution in [0.3, 0.4) is 0 Å². The van der Waals surface area contributed by atoms with Crippen LogP contribution in [0.2, 0.25) is 0 Å². The highest BCUT2D eigenvalue weighted by Crippen LogP contribution is 2.08. The van der Waals surface area contributed by atoms with E-state index in [-0.39, 0.29) is 6.04 Å².